The van der Waals surface area contributed by atoms with Crippen molar-refractivity contribution in [1.29, 1.82) is 0 Å². The maximum atomic E-state index is 10.7. The summed E-state index contributed by atoms with van der Waals surface area (Å²) in [6, 6.07) is 0. The molecule has 0 aromatic carbocycles. The van der Waals surface area contributed by atoms with E-state index in [1.165, 1.54) is 0 Å². The van der Waals surface area contributed by atoms with Gasteiger partial charge in [0.25, 0.3) is 5.91 Å². The Morgan fingerprint density at radius 2 is 2.21 bits per heavy atom. The van der Waals surface area contributed by atoms with Gasteiger partial charge in [0.2, 0.25) is 0 Å². The first-order valence-corrected chi connectivity index (χ1v) is 5.64. The van der Waals surface area contributed by atoms with Crippen LogP contribution in [-0.4, -0.2) is 57.1 Å². The Bertz CT molecular complexity index is 302. The summed E-state index contributed by atoms with van der Waals surface area (Å²) in [6.45, 7) is 1.85. The fourth-order valence-corrected chi connectivity index (χ4v) is 2.61. The third kappa shape index (κ3) is 1.64. The van der Waals surface area contributed by atoms with Crippen molar-refractivity contribution < 1.29 is 21.9 Å². The molecule has 82 valence electrons. The first-order chi connectivity index (χ1) is 6.58. The van der Waals surface area contributed by atoms with Gasteiger partial charge in [0, 0.05) is 19.6 Å². The van der Waals surface area contributed by atoms with Crippen molar-refractivity contribution in [3.8, 4) is 0 Å². The number of piperazine rings is 1. The number of aliphatic hydroxyl groups is 1. The topological polar surface area (TPSA) is 88.1 Å². The molecule has 0 aromatic rings. The molecule has 2 rings (SSSR count). The Morgan fingerprint density at radius 3 is 2.79 bits per heavy atom. The minimum absolute atomic E-state index is 0.0610. The maximum Gasteiger partial charge on any atom is 0.407 e. The zero-order valence-electron chi connectivity index (χ0n) is 7.47. The maximum absolute atomic E-state index is 10.7. The second-order valence-corrected chi connectivity index (χ2v) is 4.32. The van der Waals surface area contributed by atoms with E-state index < -0.39 is 16.3 Å². The average molecular weight is 224 g/mol. The largest absolute Gasteiger partial charge is 0.407 e. The van der Waals surface area contributed by atoms with Crippen LogP contribution in [0.5, 0.6) is 0 Å². The van der Waals surface area contributed by atoms with Crippen LogP contribution in [0.2, 0.25) is 0 Å². The van der Waals surface area contributed by atoms with Crippen molar-refractivity contribution in [3.63, 3.8) is 0 Å². The molecule has 0 saturated carbocycles. The molecule has 2 fully saturated rings. The molecule has 8 heteroatoms. The van der Waals surface area contributed by atoms with E-state index in [1.807, 2.05) is 0 Å². The van der Waals surface area contributed by atoms with Gasteiger partial charge in [-0.3, -0.25) is 0 Å². The molecule has 0 amide bonds. The minimum Gasteiger partial charge on any atom is -0.395 e. The van der Waals surface area contributed by atoms with Crippen LogP contribution in [0.25, 0.3) is 0 Å². The first kappa shape index (κ1) is 10.3. The Hall–Kier alpha value is -0.250. The molecule has 7 nitrogen and oxygen atoms in total. The predicted molar refractivity (Wildman–Crippen MR) is 45.3 cm³/mol. The van der Waals surface area contributed by atoms with Crippen LogP contribution in [0, 0.1) is 0 Å². The molecule has 2 heterocycles. The van der Waals surface area contributed by atoms with Crippen molar-refractivity contribution in [2.24, 2.45) is 0 Å². The number of hydrogen-bond acceptors (Lipinski definition) is 7. The monoisotopic (exact) mass is 224 g/mol. The summed E-state index contributed by atoms with van der Waals surface area (Å²) < 4.78 is 30.9. The third-order valence-corrected chi connectivity index (χ3v) is 3.15. The quantitative estimate of drug-likeness (QED) is 0.551. The highest BCUT2D eigenvalue weighted by molar-refractivity contribution is 7.82. The molecule has 0 unspecified atom stereocenters. The number of rotatable bonds is 2. The fourth-order valence-electron chi connectivity index (χ4n) is 1.63. The van der Waals surface area contributed by atoms with Gasteiger partial charge in [-0.1, -0.05) is 0 Å². The van der Waals surface area contributed by atoms with Crippen LogP contribution in [0.3, 0.4) is 0 Å². The first-order valence-electron chi connectivity index (χ1n) is 4.31. The summed E-state index contributed by atoms with van der Waals surface area (Å²) in [5, 5.41) is 11.7. The highest BCUT2D eigenvalue weighted by atomic mass is 32.3. The average Bonchev–Trinajstić information content (AvgIpc) is 2.06. The zero-order valence-corrected chi connectivity index (χ0v) is 8.29. The number of nitrogens with zero attached hydrogens (tertiary/aromatic N) is 1. The van der Waals surface area contributed by atoms with E-state index in [4.69, 9.17) is 13.5 Å². The molecule has 0 atom stereocenters. The number of hydrogen-bond donors (Lipinski definition) is 2. The molecule has 0 aliphatic carbocycles. The van der Waals surface area contributed by atoms with Crippen molar-refractivity contribution in [2.75, 3.05) is 32.8 Å². The number of aliphatic hydroxyl groups excluding tert-OH is 1. The van der Waals surface area contributed by atoms with Gasteiger partial charge < -0.3 is 10.4 Å². The van der Waals surface area contributed by atoms with Crippen LogP contribution in [0.4, 0.5) is 0 Å². The summed E-state index contributed by atoms with van der Waals surface area (Å²) in [5.41, 5.74) is 0. The van der Waals surface area contributed by atoms with E-state index in [-0.39, 0.29) is 13.2 Å². The number of nitrogens with one attached hydrogen (secondary N) is 1. The highest BCUT2D eigenvalue weighted by Gasteiger charge is 2.57. The lowest BCUT2D eigenvalue weighted by atomic mass is 10.3. The van der Waals surface area contributed by atoms with Gasteiger partial charge in [-0.05, 0) is 0 Å². The van der Waals surface area contributed by atoms with Crippen LogP contribution in [0.15, 0.2) is 0 Å². The van der Waals surface area contributed by atoms with Crippen molar-refractivity contribution in [3.05, 3.63) is 0 Å². The molecule has 2 aliphatic rings. The van der Waals surface area contributed by atoms with Gasteiger partial charge in [0.15, 0.2) is 0 Å². The Balaban J connectivity index is 2.08. The second-order valence-electron chi connectivity index (χ2n) is 3.18. The van der Waals surface area contributed by atoms with E-state index in [0.29, 0.717) is 19.6 Å². The van der Waals surface area contributed by atoms with Gasteiger partial charge in [-0.2, -0.15) is 16.8 Å². The van der Waals surface area contributed by atoms with Crippen LogP contribution in [0.1, 0.15) is 0 Å². The summed E-state index contributed by atoms with van der Waals surface area (Å²) in [6.07, 6.45) is 0. The van der Waals surface area contributed by atoms with Crippen LogP contribution >= 0.6 is 0 Å². The third-order valence-electron chi connectivity index (χ3n) is 2.22. The summed E-state index contributed by atoms with van der Waals surface area (Å²) in [7, 11) is -3.80. The molecule has 2 saturated heterocycles. The normalized spacial score (nSPS) is 30.1. The molecular weight excluding hydrogens is 212 g/mol. The Morgan fingerprint density at radius 1 is 1.50 bits per heavy atom. The number of β-amino-alcohol motifs (C(OH)–C–C–N with tert-alkyl or cyclic N) is 1. The summed E-state index contributed by atoms with van der Waals surface area (Å²) in [5.74, 6) is -1.22. The van der Waals surface area contributed by atoms with E-state index >= 15 is 0 Å². The Labute approximate surface area is 81.9 Å². The zero-order chi connectivity index (χ0) is 10.2. The highest BCUT2D eigenvalue weighted by Crippen LogP contribution is 2.34. The molecule has 1 spiro atoms. The fraction of sp³-hybridized carbons (Fsp3) is 1.00. The lowest BCUT2D eigenvalue weighted by molar-refractivity contribution is -0.286. The van der Waals surface area contributed by atoms with Gasteiger partial charge in [-0.25, -0.2) is 4.90 Å². The van der Waals surface area contributed by atoms with Crippen molar-refractivity contribution in [2.45, 2.75) is 5.91 Å². The van der Waals surface area contributed by atoms with Crippen molar-refractivity contribution in [1.82, 2.24) is 10.2 Å². The minimum atomic E-state index is -3.80. The van der Waals surface area contributed by atoms with Crippen LogP contribution < -0.4 is 5.32 Å². The van der Waals surface area contributed by atoms with Crippen LogP contribution in [-0.2, 0) is 18.8 Å². The van der Waals surface area contributed by atoms with Crippen molar-refractivity contribution >= 4 is 10.4 Å². The smallest absolute Gasteiger partial charge is 0.395 e. The molecule has 2 N–H and O–H groups in total. The predicted octanol–water partition coefficient (Wildman–Crippen LogP) is -2.17. The van der Waals surface area contributed by atoms with E-state index in [0.717, 1.165) is 0 Å². The van der Waals surface area contributed by atoms with Gasteiger partial charge in [-0.15, -0.1) is 0 Å². The van der Waals surface area contributed by atoms with E-state index in [9.17, 15) is 8.42 Å². The van der Waals surface area contributed by atoms with E-state index in [1.54, 1.807) is 4.90 Å². The summed E-state index contributed by atoms with van der Waals surface area (Å²) >= 11 is 0. The molecule has 0 bridgehead atoms. The van der Waals surface area contributed by atoms with Gasteiger partial charge in [0.05, 0.1) is 13.2 Å². The molecular formula is C6H12N2O5S. The molecule has 14 heavy (non-hydrogen) atoms. The second kappa shape index (κ2) is 3.40. The lowest BCUT2D eigenvalue weighted by Gasteiger charge is -2.48. The van der Waals surface area contributed by atoms with Gasteiger partial charge in [0.1, 0.15) is 0 Å². The summed E-state index contributed by atoms with van der Waals surface area (Å²) in [4.78, 5) is 1.66. The SMILES string of the molecule is O=S1(=O)OC2(CNCCN2CCO)O1. The van der Waals surface area contributed by atoms with E-state index in [2.05, 4.69) is 5.32 Å². The Kier molecular flexibility index (Phi) is 2.50. The molecule has 0 radical (unpaired) electrons. The van der Waals surface area contributed by atoms with Gasteiger partial charge >= 0.3 is 10.4 Å². The standard InChI is InChI=1S/C6H12N2O5S/c9-4-3-8-2-1-7-5-6(8)12-14(10,11)13-6/h7,9H,1-5H2. The molecule has 0 aromatic heterocycles. The lowest BCUT2D eigenvalue weighted by Crippen LogP contribution is -2.70. The molecule has 2 aliphatic heterocycles.